The van der Waals surface area contributed by atoms with Crippen molar-refractivity contribution in [2.45, 2.75) is 31.8 Å². The van der Waals surface area contributed by atoms with E-state index in [9.17, 15) is 13.2 Å². The number of rotatable bonds is 6. The van der Waals surface area contributed by atoms with Gasteiger partial charge in [-0.2, -0.15) is 4.31 Å². The molecule has 33 heavy (non-hydrogen) atoms. The third-order valence-electron chi connectivity index (χ3n) is 5.45. The van der Waals surface area contributed by atoms with Crippen LogP contribution in [0, 0.1) is 11.8 Å². The molecule has 0 saturated carbocycles. The molecule has 0 unspecified atom stereocenters. The van der Waals surface area contributed by atoms with E-state index in [1.807, 2.05) is 0 Å². The van der Waals surface area contributed by atoms with E-state index in [4.69, 9.17) is 20.8 Å². The van der Waals surface area contributed by atoms with Gasteiger partial charge in [0.1, 0.15) is 0 Å². The van der Waals surface area contributed by atoms with Crippen molar-refractivity contribution >= 4 is 27.6 Å². The summed E-state index contributed by atoms with van der Waals surface area (Å²) in [5.41, 5.74) is 0.922. The van der Waals surface area contributed by atoms with Crippen LogP contribution in [0.25, 0.3) is 11.5 Å². The van der Waals surface area contributed by atoms with E-state index in [-0.39, 0.29) is 28.8 Å². The summed E-state index contributed by atoms with van der Waals surface area (Å²) in [5.74, 6) is 0.422. The van der Waals surface area contributed by atoms with E-state index >= 15 is 0 Å². The molecule has 2 atom stereocenters. The standard InChI is InChI=1S/C23H24ClN3O5S/c1-15-11-16(2)13-27(12-15)33(29,30)20-9-5-18(6-10-20)23(28)31-14-21-25-26-22(32-21)17-3-7-19(24)8-4-17/h3-10,15-16H,11-14H2,1-2H3/t15-,16-/m1/s1. The van der Waals surface area contributed by atoms with Crippen molar-refractivity contribution in [2.75, 3.05) is 13.1 Å². The van der Waals surface area contributed by atoms with E-state index in [0.29, 0.717) is 35.5 Å². The monoisotopic (exact) mass is 489 g/mol. The first kappa shape index (κ1) is 23.4. The predicted molar refractivity (Wildman–Crippen MR) is 122 cm³/mol. The van der Waals surface area contributed by atoms with Crippen molar-refractivity contribution in [2.24, 2.45) is 11.8 Å². The average Bonchev–Trinajstić information content (AvgIpc) is 3.26. The number of halogens is 1. The van der Waals surface area contributed by atoms with Crippen LogP contribution in [-0.4, -0.2) is 42.0 Å². The fourth-order valence-electron chi connectivity index (χ4n) is 3.95. The highest BCUT2D eigenvalue weighted by molar-refractivity contribution is 7.89. The molecule has 0 bridgehead atoms. The molecule has 0 spiro atoms. The normalized spacial score (nSPS) is 19.4. The third-order valence-corrected chi connectivity index (χ3v) is 7.55. The lowest BCUT2D eigenvalue weighted by molar-refractivity contribution is 0.0438. The second-order valence-corrected chi connectivity index (χ2v) is 10.8. The fraction of sp³-hybridized carbons (Fsp3) is 0.348. The summed E-state index contributed by atoms with van der Waals surface area (Å²) in [6.07, 6.45) is 1.01. The maximum absolute atomic E-state index is 13.0. The van der Waals surface area contributed by atoms with Crippen LogP contribution in [0.15, 0.2) is 57.8 Å². The Morgan fingerprint density at radius 3 is 2.33 bits per heavy atom. The molecule has 1 aliphatic heterocycles. The summed E-state index contributed by atoms with van der Waals surface area (Å²) in [6, 6.07) is 12.6. The van der Waals surface area contributed by atoms with Gasteiger partial charge in [0, 0.05) is 23.7 Å². The Balaban J connectivity index is 1.38. The second kappa shape index (κ2) is 9.62. The first-order chi connectivity index (χ1) is 15.7. The number of benzene rings is 2. The SMILES string of the molecule is C[C@@H]1C[C@@H](C)CN(S(=O)(=O)c2ccc(C(=O)OCc3nnc(-c4ccc(Cl)cc4)o3)cc2)C1. The van der Waals surface area contributed by atoms with Crippen LogP contribution < -0.4 is 0 Å². The van der Waals surface area contributed by atoms with E-state index in [1.54, 1.807) is 24.3 Å². The molecule has 1 fully saturated rings. The molecule has 8 nitrogen and oxygen atoms in total. The second-order valence-electron chi connectivity index (χ2n) is 8.38. The van der Waals surface area contributed by atoms with Gasteiger partial charge in [0.2, 0.25) is 15.9 Å². The Labute approximate surface area is 197 Å². The number of carbonyl (C=O) groups excluding carboxylic acids is 1. The molecule has 1 aliphatic rings. The summed E-state index contributed by atoms with van der Waals surface area (Å²) in [4.78, 5) is 12.6. The average molecular weight is 490 g/mol. The minimum atomic E-state index is -3.61. The van der Waals surface area contributed by atoms with Crippen molar-refractivity contribution in [3.8, 4) is 11.5 Å². The van der Waals surface area contributed by atoms with Crippen LogP contribution in [0.5, 0.6) is 0 Å². The lowest BCUT2D eigenvalue weighted by Crippen LogP contribution is -2.42. The number of carbonyl (C=O) groups is 1. The molecule has 174 valence electrons. The Bertz CT molecular complexity index is 1220. The van der Waals surface area contributed by atoms with Crippen LogP contribution in [-0.2, 0) is 21.4 Å². The predicted octanol–water partition coefficient (Wildman–Crippen LogP) is 4.41. The van der Waals surface area contributed by atoms with Crippen LogP contribution in [0.1, 0.15) is 36.5 Å². The van der Waals surface area contributed by atoms with Crippen molar-refractivity contribution in [1.82, 2.24) is 14.5 Å². The van der Waals surface area contributed by atoms with Gasteiger partial charge in [0.25, 0.3) is 5.89 Å². The van der Waals surface area contributed by atoms with Gasteiger partial charge in [0.05, 0.1) is 10.5 Å². The summed E-state index contributed by atoms with van der Waals surface area (Å²) in [6.45, 7) is 4.90. The van der Waals surface area contributed by atoms with Crippen molar-refractivity contribution in [3.05, 3.63) is 65.0 Å². The van der Waals surface area contributed by atoms with Crippen LogP contribution in [0.4, 0.5) is 0 Å². The third kappa shape index (κ3) is 5.43. The van der Waals surface area contributed by atoms with Crippen LogP contribution in [0.3, 0.4) is 0 Å². The minimum Gasteiger partial charge on any atom is -0.452 e. The molecule has 4 rings (SSSR count). The zero-order chi connectivity index (χ0) is 23.6. The quantitative estimate of drug-likeness (QED) is 0.472. The zero-order valence-electron chi connectivity index (χ0n) is 18.3. The highest BCUT2D eigenvalue weighted by atomic mass is 35.5. The van der Waals surface area contributed by atoms with E-state index in [0.717, 1.165) is 6.42 Å². The maximum atomic E-state index is 13.0. The lowest BCUT2D eigenvalue weighted by atomic mass is 9.94. The van der Waals surface area contributed by atoms with Gasteiger partial charge in [-0.1, -0.05) is 25.4 Å². The lowest BCUT2D eigenvalue weighted by Gasteiger charge is -2.34. The molecular formula is C23H24ClN3O5S. The summed E-state index contributed by atoms with van der Waals surface area (Å²) in [5, 5.41) is 8.41. The van der Waals surface area contributed by atoms with Gasteiger partial charge in [-0.25, -0.2) is 13.2 Å². The Morgan fingerprint density at radius 2 is 1.70 bits per heavy atom. The topological polar surface area (TPSA) is 103 Å². The van der Waals surface area contributed by atoms with Gasteiger partial charge in [0.15, 0.2) is 6.61 Å². The molecule has 0 N–H and O–H groups in total. The zero-order valence-corrected chi connectivity index (χ0v) is 19.8. The smallest absolute Gasteiger partial charge is 0.338 e. The molecule has 0 aliphatic carbocycles. The fourth-order valence-corrected chi connectivity index (χ4v) is 5.75. The Kier molecular flexibility index (Phi) is 6.83. The molecule has 0 amide bonds. The Hall–Kier alpha value is -2.75. The molecule has 1 saturated heterocycles. The minimum absolute atomic E-state index is 0.140. The molecule has 3 aromatic rings. The number of nitrogens with zero attached hydrogens (tertiary/aromatic N) is 3. The van der Waals surface area contributed by atoms with Crippen molar-refractivity contribution < 1.29 is 22.4 Å². The highest BCUT2D eigenvalue weighted by Crippen LogP contribution is 2.27. The number of hydrogen-bond acceptors (Lipinski definition) is 7. The first-order valence-corrected chi connectivity index (χ1v) is 12.4. The maximum Gasteiger partial charge on any atom is 0.338 e. The Morgan fingerprint density at radius 1 is 1.06 bits per heavy atom. The van der Waals surface area contributed by atoms with Gasteiger partial charge in [-0.05, 0) is 66.8 Å². The summed E-state index contributed by atoms with van der Waals surface area (Å²) >= 11 is 5.87. The summed E-state index contributed by atoms with van der Waals surface area (Å²) < 4.78 is 38.2. The molecule has 10 heteroatoms. The van der Waals surface area contributed by atoms with Gasteiger partial charge >= 0.3 is 5.97 Å². The number of piperidine rings is 1. The van der Waals surface area contributed by atoms with Crippen LogP contribution >= 0.6 is 11.6 Å². The molecule has 2 heterocycles. The molecular weight excluding hydrogens is 466 g/mol. The van der Waals surface area contributed by atoms with Gasteiger partial charge in [-0.3, -0.25) is 0 Å². The van der Waals surface area contributed by atoms with Crippen molar-refractivity contribution in [1.29, 1.82) is 0 Å². The highest BCUT2D eigenvalue weighted by Gasteiger charge is 2.31. The number of sulfonamides is 1. The molecule has 2 aromatic carbocycles. The van der Waals surface area contributed by atoms with E-state index < -0.39 is 16.0 Å². The van der Waals surface area contributed by atoms with Crippen LogP contribution in [0.2, 0.25) is 5.02 Å². The molecule has 1 aromatic heterocycles. The number of hydrogen-bond donors (Lipinski definition) is 0. The number of ether oxygens (including phenoxy) is 1. The van der Waals surface area contributed by atoms with Gasteiger partial charge < -0.3 is 9.15 Å². The first-order valence-electron chi connectivity index (χ1n) is 10.6. The van der Waals surface area contributed by atoms with E-state index in [1.165, 1.54) is 28.6 Å². The van der Waals surface area contributed by atoms with E-state index in [2.05, 4.69) is 24.0 Å². The number of esters is 1. The largest absolute Gasteiger partial charge is 0.452 e. The molecule has 0 radical (unpaired) electrons. The van der Waals surface area contributed by atoms with Crippen molar-refractivity contribution in [3.63, 3.8) is 0 Å². The summed E-state index contributed by atoms with van der Waals surface area (Å²) in [7, 11) is -3.61. The number of aromatic nitrogens is 2. The van der Waals surface area contributed by atoms with Gasteiger partial charge in [-0.15, -0.1) is 10.2 Å².